The van der Waals surface area contributed by atoms with Crippen LogP contribution in [0.4, 0.5) is 4.79 Å². The normalized spacial score (nSPS) is 25.2. The van der Waals surface area contributed by atoms with E-state index in [1.165, 1.54) is 5.56 Å². The zero-order valence-corrected chi connectivity index (χ0v) is 16.2. The summed E-state index contributed by atoms with van der Waals surface area (Å²) in [7, 11) is 0. The van der Waals surface area contributed by atoms with Crippen LogP contribution in [0.1, 0.15) is 63.0 Å². The number of likely N-dealkylation sites (tertiary alicyclic amines) is 1. The van der Waals surface area contributed by atoms with Crippen molar-refractivity contribution >= 4 is 29.2 Å². The van der Waals surface area contributed by atoms with Gasteiger partial charge in [-0.2, -0.15) is 16.3 Å². The highest BCUT2D eigenvalue weighted by atomic mass is 32.1. The molecule has 1 saturated carbocycles. The van der Waals surface area contributed by atoms with Crippen LogP contribution in [0.3, 0.4) is 0 Å². The van der Waals surface area contributed by atoms with Crippen molar-refractivity contribution in [2.24, 2.45) is 0 Å². The number of hydrogen-bond acceptors (Lipinski definition) is 5. The van der Waals surface area contributed by atoms with Crippen LogP contribution in [-0.2, 0) is 9.59 Å². The maximum Gasteiger partial charge on any atom is 0.344 e. The van der Waals surface area contributed by atoms with E-state index in [0.717, 1.165) is 43.7 Å². The van der Waals surface area contributed by atoms with Crippen LogP contribution in [-0.4, -0.2) is 46.4 Å². The number of amides is 4. The molecule has 8 heteroatoms. The summed E-state index contributed by atoms with van der Waals surface area (Å²) in [6.07, 6.45) is 6.73. The lowest BCUT2D eigenvalue weighted by Crippen LogP contribution is -2.51. The molecule has 1 atom stereocenters. The Morgan fingerprint density at radius 2 is 2.07 bits per heavy atom. The van der Waals surface area contributed by atoms with Crippen molar-refractivity contribution in [3.8, 4) is 0 Å². The molecular formula is C19H26N4O3S. The van der Waals surface area contributed by atoms with Crippen molar-refractivity contribution < 1.29 is 14.4 Å². The number of thiophene rings is 1. The second kappa shape index (κ2) is 7.59. The molecule has 2 aliphatic heterocycles. The van der Waals surface area contributed by atoms with Crippen molar-refractivity contribution in [3.63, 3.8) is 0 Å². The monoisotopic (exact) mass is 390 g/mol. The molecule has 0 unspecified atom stereocenters. The van der Waals surface area contributed by atoms with E-state index in [4.69, 9.17) is 0 Å². The van der Waals surface area contributed by atoms with Gasteiger partial charge in [0.2, 0.25) is 5.91 Å². The number of carbonyl (C=O) groups is 3. The predicted octanol–water partition coefficient (Wildman–Crippen LogP) is 2.56. The summed E-state index contributed by atoms with van der Waals surface area (Å²) in [6.45, 7) is 1.60. The molecule has 7 nitrogen and oxygen atoms in total. The first-order chi connectivity index (χ1) is 13.1. The number of carbonyl (C=O) groups excluding carboxylic acids is 3. The highest BCUT2D eigenvalue weighted by Crippen LogP contribution is 2.34. The Kier molecular flexibility index (Phi) is 5.19. The summed E-state index contributed by atoms with van der Waals surface area (Å²) in [5, 5.41) is 7.95. The Morgan fingerprint density at radius 1 is 1.26 bits per heavy atom. The van der Waals surface area contributed by atoms with Crippen LogP contribution >= 0.6 is 11.3 Å². The Morgan fingerprint density at radius 3 is 2.81 bits per heavy atom. The van der Waals surface area contributed by atoms with Crippen molar-refractivity contribution in [2.45, 2.75) is 62.9 Å². The lowest BCUT2D eigenvalue weighted by molar-refractivity contribution is -0.140. The minimum atomic E-state index is -0.804. The van der Waals surface area contributed by atoms with E-state index in [1.54, 1.807) is 11.3 Å². The fraction of sp³-hybridized carbons (Fsp3) is 0.632. The molecule has 1 aliphatic carbocycles. The second-order valence-electron chi connectivity index (χ2n) is 7.75. The summed E-state index contributed by atoms with van der Waals surface area (Å²) in [5.74, 6) is -0.597. The van der Waals surface area contributed by atoms with Crippen LogP contribution in [0.15, 0.2) is 16.8 Å². The van der Waals surface area contributed by atoms with E-state index in [-0.39, 0.29) is 18.2 Å². The molecule has 1 spiro atoms. The van der Waals surface area contributed by atoms with E-state index in [0.29, 0.717) is 25.4 Å². The third-order valence-electron chi connectivity index (χ3n) is 6.02. The van der Waals surface area contributed by atoms with Gasteiger partial charge in [0, 0.05) is 19.0 Å². The molecular weight excluding hydrogens is 364 g/mol. The Labute approximate surface area is 163 Å². The number of hydrazine groups is 1. The van der Waals surface area contributed by atoms with E-state index in [1.807, 2.05) is 0 Å². The lowest BCUT2D eigenvalue weighted by Gasteiger charge is -2.30. The Bertz CT molecular complexity index is 715. The van der Waals surface area contributed by atoms with Crippen LogP contribution in [0, 0.1) is 0 Å². The number of nitrogens with one attached hydrogen (secondary N) is 2. The molecule has 3 heterocycles. The van der Waals surface area contributed by atoms with Gasteiger partial charge < -0.3 is 5.32 Å². The maximum atomic E-state index is 12.7. The number of nitrogens with zero attached hydrogens (tertiary/aromatic N) is 2. The van der Waals surface area contributed by atoms with Crippen molar-refractivity contribution in [1.29, 1.82) is 0 Å². The summed E-state index contributed by atoms with van der Waals surface area (Å²) in [4.78, 5) is 39.7. The molecule has 0 radical (unpaired) electrons. The van der Waals surface area contributed by atoms with E-state index in [2.05, 4.69) is 32.5 Å². The second-order valence-corrected chi connectivity index (χ2v) is 8.53. The first-order valence-corrected chi connectivity index (χ1v) is 10.8. The molecule has 1 aromatic heterocycles. The molecule has 0 bridgehead atoms. The van der Waals surface area contributed by atoms with Crippen LogP contribution in [0.25, 0.3) is 0 Å². The summed E-state index contributed by atoms with van der Waals surface area (Å²) >= 11 is 1.69. The standard InChI is InChI=1S/C19H26N4O3S/c24-16(6-11-22-10-4-5-15(22)14-7-12-27-13-14)21-23-17(25)19(20-18(23)26)8-2-1-3-9-19/h7,12-13,15H,1-6,8-11H2,(H,20,26)(H,21,24)/t15-/m1/s1. The van der Waals surface area contributed by atoms with Crippen molar-refractivity contribution in [1.82, 2.24) is 20.7 Å². The minimum Gasteiger partial charge on any atom is -0.322 e. The molecule has 0 aromatic carbocycles. The van der Waals surface area contributed by atoms with Gasteiger partial charge in [0.25, 0.3) is 5.91 Å². The van der Waals surface area contributed by atoms with Crippen molar-refractivity contribution in [3.05, 3.63) is 22.4 Å². The van der Waals surface area contributed by atoms with E-state index < -0.39 is 11.6 Å². The molecule has 27 heavy (non-hydrogen) atoms. The molecule has 1 aromatic rings. The highest BCUT2D eigenvalue weighted by Gasteiger charge is 2.52. The van der Waals surface area contributed by atoms with Gasteiger partial charge in [0.1, 0.15) is 5.54 Å². The highest BCUT2D eigenvalue weighted by molar-refractivity contribution is 7.07. The molecule has 4 amide bonds. The van der Waals surface area contributed by atoms with Crippen LogP contribution in [0.2, 0.25) is 0 Å². The van der Waals surface area contributed by atoms with Crippen LogP contribution in [0.5, 0.6) is 0 Å². The molecule has 146 valence electrons. The number of hydrogen-bond donors (Lipinski definition) is 2. The summed E-state index contributed by atoms with van der Waals surface area (Å²) < 4.78 is 0. The quantitative estimate of drug-likeness (QED) is 0.757. The van der Waals surface area contributed by atoms with Gasteiger partial charge in [-0.3, -0.25) is 19.9 Å². The van der Waals surface area contributed by atoms with E-state index >= 15 is 0 Å². The third-order valence-corrected chi connectivity index (χ3v) is 6.72. The van der Waals surface area contributed by atoms with Crippen LogP contribution < -0.4 is 10.7 Å². The van der Waals surface area contributed by atoms with Gasteiger partial charge in [0.15, 0.2) is 0 Å². The SMILES string of the molecule is O=C(CCN1CCC[C@@H]1c1ccsc1)NN1C(=O)NC2(CCCCC2)C1=O. The van der Waals surface area contributed by atoms with Gasteiger partial charge in [-0.25, -0.2) is 4.79 Å². The fourth-order valence-electron chi connectivity index (χ4n) is 4.58. The predicted molar refractivity (Wildman–Crippen MR) is 102 cm³/mol. The number of urea groups is 1. The first kappa shape index (κ1) is 18.4. The number of rotatable bonds is 5. The zero-order chi connectivity index (χ0) is 18.9. The molecule has 4 rings (SSSR count). The lowest BCUT2D eigenvalue weighted by atomic mass is 9.82. The summed E-state index contributed by atoms with van der Waals surface area (Å²) in [5.41, 5.74) is 3.04. The first-order valence-electron chi connectivity index (χ1n) is 9.81. The topological polar surface area (TPSA) is 81.8 Å². The third kappa shape index (κ3) is 3.60. The Balaban J connectivity index is 1.32. The Hall–Kier alpha value is -1.93. The number of imide groups is 1. The molecule has 2 N–H and O–H groups in total. The zero-order valence-electron chi connectivity index (χ0n) is 15.4. The largest absolute Gasteiger partial charge is 0.344 e. The summed E-state index contributed by atoms with van der Waals surface area (Å²) in [6, 6.07) is 2.00. The average molecular weight is 391 g/mol. The van der Waals surface area contributed by atoms with Gasteiger partial charge in [-0.15, -0.1) is 0 Å². The van der Waals surface area contributed by atoms with Gasteiger partial charge in [-0.05, 0) is 54.6 Å². The van der Waals surface area contributed by atoms with Gasteiger partial charge >= 0.3 is 6.03 Å². The molecule has 3 fully saturated rings. The smallest absolute Gasteiger partial charge is 0.322 e. The van der Waals surface area contributed by atoms with E-state index in [9.17, 15) is 14.4 Å². The molecule has 3 aliphatic rings. The van der Waals surface area contributed by atoms with Gasteiger partial charge in [-0.1, -0.05) is 19.3 Å². The molecule has 2 saturated heterocycles. The fourth-order valence-corrected chi connectivity index (χ4v) is 5.28. The average Bonchev–Trinajstić information content (AvgIpc) is 3.38. The van der Waals surface area contributed by atoms with Gasteiger partial charge in [0.05, 0.1) is 0 Å². The maximum absolute atomic E-state index is 12.7. The minimum absolute atomic E-state index is 0.269. The van der Waals surface area contributed by atoms with Crippen molar-refractivity contribution in [2.75, 3.05) is 13.1 Å².